The van der Waals surface area contributed by atoms with E-state index in [2.05, 4.69) is 38.1 Å². The van der Waals surface area contributed by atoms with Gasteiger partial charge in [0.2, 0.25) is 0 Å². The Balaban J connectivity index is 1.32. The molecule has 0 amide bonds. The van der Waals surface area contributed by atoms with E-state index in [9.17, 15) is 0 Å². The third-order valence-corrected chi connectivity index (χ3v) is 7.65. The first kappa shape index (κ1) is 21.7. The van der Waals surface area contributed by atoms with Gasteiger partial charge in [-0.1, -0.05) is 70.9 Å². The van der Waals surface area contributed by atoms with Crippen LogP contribution in [0.2, 0.25) is 0 Å². The van der Waals surface area contributed by atoms with Crippen molar-refractivity contribution in [1.29, 1.82) is 0 Å². The minimum Gasteiger partial charge on any atom is -0.494 e. The molecule has 0 bridgehead atoms. The summed E-state index contributed by atoms with van der Waals surface area (Å²) >= 11 is 0. The maximum absolute atomic E-state index is 5.70. The molecule has 2 fully saturated rings. The highest BCUT2D eigenvalue weighted by Gasteiger charge is 2.30. The maximum atomic E-state index is 5.70. The van der Waals surface area contributed by atoms with Crippen LogP contribution in [0.25, 0.3) is 0 Å². The Labute approximate surface area is 174 Å². The lowest BCUT2D eigenvalue weighted by molar-refractivity contribution is 0.140. The second kappa shape index (κ2) is 11.9. The minimum absolute atomic E-state index is 0.822. The number of hydrogen-bond donors (Lipinski definition) is 0. The molecule has 2 aliphatic carbocycles. The normalized spacial score (nSPS) is 28.2. The van der Waals surface area contributed by atoms with Crippen molar-refractivity contribution in [2.75, 3.05) is 6.61 Å². The van der Waals surface area contributed by atoms with Gasteiger partial charge in [0, 0.05) is 0 Å². The molecule has 1 nitrogen and oxygen atoms in total. The van der Waals surface area contributed by atoms with E-state index in [1.807, 2.05) is 0 Å². The Hall–Kier alpha value is -0.980. The van der Waals surface area contributed by atoms with Crippen molar-refractivity contribution in [1.82, 2.24) is 0 Å². The van der Waals surface area contributed by atoms with E-state index < -0.39 is 0 Å². The molecule has 0 heterocycles. The molecule has 1 aromatic rings. The molecular weight excluding hydrogens is 340 g/mol. The molecule has 1 heteroatoms. The molecule has 28 heavy (non-hydrogen) atoms. The molecule has 0 aromatic heterocycles. The van der Waals surface area contributed by atoms with Gasteiger partial charge >= 0.3 is 0 Å². The fraction of sp³-hybridized carbons (Fsp3) is 0.778. The number of benzene rings is 1. The molecule has 2 aliphatic rings. The zero-order valence-corrected chi connectivity index (χ0v) is 18.6. The van der Waals surface area contributed by atoms with Gasteiger partial charge in [0.05, 0.1) is 6.61 Å². The fourth-order valence-corrected chi connectivity index (χ4v) is 5.73. The lowest BCUT2D eigenvalue weighted by Gasteiger charge is -2.38. The van der Waals surface area contributed by atoms with Crippen molar-refractivity contribution in [3.8, 4) is 5.75 Å². The molecular formula is C27H44O. The monoisotopic (exact) mass is 384 g/mol. The Morgan fingerprint density at radius 3 is 1.82 bits per heavy atom. The highest BCUT2D eigenvalue weighted by Crippen LogP contribution is 2.43. The zero-order chi connectivity index (χ0) is 19.6. The van der Waals surface area contributed by atoms with Gasteiger partial charge in [-0.25, -0.2) is 0 Å². The Bertz CT molecular complexity index is 518. The van der Waals surface area contributed by atoms with Crippen LogP contribution in [0.5, 0.6) is 5.75 Å². The van der Waals surface area contributed by atoms with Crippen molar-refractivity contribution in [2.24, 2.45) is 23.7 Å². The smallest absolute Gasteiger partial charge is 0.119 e. The van der Waals surface area contributed by atoms with Gasteiger partial charge in [-0.2, -0.15) is 0 Å². The summed E-state index contributed by atoms with van der Waals surface area (Å²) in [6, 6.07) is 8.85. The topological polar surface area (TPSA) is 9.23 Å². The highest BCUT2D eigenvalue weighted by atomic mass is 16.5. The van der Waals surface area contributed by atoms with E-state index in [4.69, 9.17) is 4.74 Å². The number of rotatable bonds is 10. The average Bonchev–Trinajstić information content (AvgIpc) is 2.76. The predicted molar refractivity (Wildman–Crippen MR) is 121 cm³/mol. The Kier molecular flexibility index (Phi) is 9.22. The van der Waals surface area contributed by atoms with Gasteiger partial charge in [-0.3, -0.25) is 0 Å². The van der Waals surface area contributed by atoms with Crippen molar-refractivity contribution in [3.05, 3.63) is 29.8 Å². The first-order valence-electron chi connectivity index (χ1n) is 12.5. The SMILES string of the molecule is CCCC[C@H]1CC[C@H]([C@H]2CC[C@H](CCc3ccc(OCCC)cc3)CC2)CC1. The summed E-state index contributed by atoms with van der Waals surface area (Å²) in [5.41, 5.74) is 1.48. The Morgan fingerprint density at radius 2 is 1.29 bits per heavy atom. The fourth-order valence-electron chi connectivity index (χ4n) is 5.73. The number of aryl methyl sites for hydroxylation is 1. The molecule has 1 aromatic carbocycles. The van der Waals surface area contributed by atoms with Gasteiger partial charge < -0.3 is 4.74 Å². The van der Waals surface area contributed by atoms with Crippen molar-refractivity contribution in [3.63, 3.8) is 0 Å². The molecule has 3 rings (SSSR count). The summed E-state index contributed by atoms with van der Waals surface area (Å²) in [6.45, 7) is 5.31. The third kappa shape index (κ3) is 6.82. The summed E-state index contributed by atoms with van der Waals surface area (Å²) in [7, 11) is 0. The van der Waals surface area contributed by atoms with Crippen LogP contribution in [0, 0.1) is 23.7 Å². The van der Waals surface area contributed by atoms with Gasteiger partial charge in [0.15, 0.2) is 0 Å². The van der Waals surface area contributed by atoms with E-state index in [1.54, 1.807) is 0 Å². The summed E-state index contributed by atoms with van der Waals surface area (Å²) in [4.78, 5) is 0. The maximum Gasteiger partial charge on any atom is 0.119 e. The largest absolute Gasteiger partial charge is 0.494 e. The standard InChI is InChI=1S/C27H44O/c1-3-5-6-22-9-15-25(16-10-22)26-17-11-23(12-18-26)7-8-24-13-19-27(20-14-24)28-21-4-2/h13-14,19-20,22-23,25-26H,3-12,15-18,21H2,1-2H3/t22-,23-,25-,26-. The first-order valence-corrected chi connectivity index (χ1v) is 12.5. The molecule has 2 saturated carbocycles. The van der Waals surface area contributed by atoms with Gasteiger partial charge in [0.25, 0.3) is 0 Å². The van der Waals surface area contributed by atoms with Crippen LogP contribution in [0.1, 0.15) is 103 Å². The summed E-state index contributed by atoms with van der Waals surface area (Å²) in [5, 5.41) is 0. The molecule has 0 atom stereocenters. The summed E-state index contributed by atoms with van der Waals surface area (Å²) in [5.74, 6) is 5.17. The predicted octanol–water partition coefficient (Wildman–Crippen LogP) is 8.21. The Morgan fingerprint density at radius 1 is 0.714 bits per heavy atom. The van der Waals surface area contributed by atoms with Crippen molar-refractivity contribution < 1.29 is 4.74 Å². The molecule has 0 radical (unpaired) electrons. The molecule has 0 unspecified atom stereocenters. The quantitative estimate of drug-likeness (QED) is 0.395. The van der Waals surface area contributed by atoms with Crippen molar-refractivity contribution >= 4 is 0 Å². The van der Waals surface area contributed by atoms with E-state index in [-0.39, 0.29) is 0 Å². The van der Waals surface area contributed by atoms with Crippen LogP contribution in [0.3, 0.4) is 0 Å². The van der Waals surface area contributed by atoms with Crippen LogP contribution >= 0.6 is 0 Å². The minimum atomic E-state index is 0.822. The van der Waals surface area contributed by atoms with E-state index in [1.165, 1.54) is 89.0 Å². The van der Waals surface area contributed by atoms with Crippen LogP contribution in [0.4, 0.5) is 0 Å². The molecule has 0 saturated heterocycles. The molecule has 0 spiro atoms. The number of hydrogen-bond acceptors (Lipinski definition) is 1. The molecule has 0 N–H and O–H groups in total. The van der Waals surface area contributed by atoms with E-state index in [0.29, 0.717) is 0 Å². The lowest BCUT2D eigenvalue weighted by Crippen LogP contribution is -2.26. The van der Waals surface area contributed by atoms with Crippen LogP contribution in [-0.4, -0.2) is 6.61 Å². The van der Waals surface area contributed by atoms with E-state index in [0.717, 1.165) is 42.4 Å². The zero-order valence-electron chi connectivity index (χ0n) is 18.6. The lowest BCUT2D eigenvalue weighted by atomic mass is 9.68. The number of unbranched alkanes of at least 4 members (excludes halogenated alkanes) is 1. The van der Waals surface area contributed by atoms with Gasteiger partial charge in [0.1, 0.15) is 5.75 Å². The second-order valence-corrected chi connectivity index (χ2v) is 9.73. The highest BCUT2D eigenvalue weighted by molar-refractivity contribution is 5.27. The van der Waals surface area contributed by atoms with E-state index >= 15 is 0 Å². The van der Waals surface area contributed by atoms with Gasteiger partial charge in [-0.15, -0.1) is 0 Å². The second-order valence-electron chi connectivity index (χ2n) is 9.73. The van der Waals surface area contributed by atoms with Crippen LogP contribution < -0.4 is 4.74 Å². The summed E-state index contributed by atoms with van der Waals surface area (Å²) in [6.07, 6.45) is 20.2. The number of ether oxygens (including phenoxy) is 1. The van der Waals surface area contributed by atoms with Crippen LogP contribution in [0.15, 0.2) is 24.3 Å². The third-order valence-electron chi connectivity index (χ3n) is 7.65. The average molecular weight is 385 g/mol. The van der Waals surface area contributed by atoms with Crippen molar-refractivity contribution in [2.45, 2.75) is 104 Å². The molecule has 158 valence electrons. The van der Waals surface area contributed by atoms with Crippen LogP contribution in [-0.2, 0) is 6.42 Å². The first-order chi connectivity index (χ1) is 13.8. The molecule has 0 aliphatic heterocycles. The summed E-state index contributed by atoms with van der Waals surface area (Å²) < 4.78 is 5.70. The van der Waals surface area contributed by atoms with Gasteiger partial charge in [-0.05, 0) is 86.3 Å².